The Balaban J connectivity index is 2.52. The summed E-state index contributed by atoms with van der Waals surface area (Å²) in [7, 11) is 2.94. The Kier molecular flexibility index (Phi) is 5.08. The van der Waals surface area contributed by atoms with Crippen molar-refractivity contribution in [3.8, 4) is 11.5 Å². The Morgan fingerprint density at radius 3 is 2.33 bits per heavy atom. The minimum absolute atomic E-state index is 0.301. The summed E-state index contributed by atoms with van der Waals surface area (Å²) in [4.78, 5) is 0. The average Bonchev–Trinajstić information content (AvgIpc) is 2.48. The van der Waals surface area contributed by atoms with E-state index in [1.54, 1.807) is 18.2 Å². The molecule has 1 atom stereocenters. The summed E-state index contributed by atoms with van der Waals surface area (Å²) in [6.07, 6.45) is 0. The van der Waals surface area contributed by atoms with Crippen molar-refractivity contribution in [2.45, 2.75) is 6.04 Å². The first kappa shape index (κ1) is 16.1. The second kappa shape index (κ2) is 6.64. The Labute approximate surface area is 135 Å². The monoisotopic (exact) mass is 373 g/mol. The lowest BCUT2D eigenvalue weighted by atomic mass is 9.98. The van der Waals surface area contributed by atoms with E-state index < -0.39 is 11.9 Å². The van der Waals surface area contributed by atoms with E-state index in [1.807, 2.05) is 0 Å². The van der Waals surface area contributed by atoms with Crippen molar-refractivity contribution in [2.24, 2.45) is 5.73 Å². The van der Waals surface area contributed by atoms with Crippen molar-refractivity contribution >= 4 is 27.5 Å². The number of benzene rings is 2. The third-order valence-electron chi connectivity index (χ3n) is 3.13. The fourth-order valence-electron chi connectivity index (χ4n) is 2.03. The number of methoxy groups -OCH3 is 2. The van der Waals surface area contributed by atoms with Crippen molar-refractivity contribution in [1.29, 1.82) is 0 Å². The highest BCUT2D eigenvalue weighted by molar-refractivity contribution is 9.10. The molecule has 0 spiro atoms. The van der Waals surface area contributed by atoms with Gasteiger partial charge in [0.25, 0.3) is 0 Å². The van der Waals surface area contributed by atoms with Crippen LogP contribution >= 0.6 is 27.5 Å². The van der Waals surface area contributed by atoms with Crippen LogP contribution in [0.3, 0.4) is 0 Å². The van der Waals surface area contributed by atoms with Crippen LogP contribution in [-0.4, -0.2) is 14.2 Å². The zero-order valence-electron chi connectivity index (χ0n) is 11.5. The van der Waals surface area contributed by atoms with E-state index in [9.17, 15) is 4.39 Å². The molecule has 3 nitrogen and oxygen atoms in total. The van der Waals surface area contributed by atoms with Crippen LogP contribution in [0.25, 0.3) is 0 Å². The number of nitrogens with two attached hydrogens (primary N) is 1. The molecule has 0 aliphatic carbocycles. The zero-order valence-corrected chi connectivity index (χ0v) is 13.8. The van der Waals surface area contributed by atoms with E-state index in [4.69, 9.17) is 26.8 Å². The Morgan fingerprint density at radius 1 is 1.10 bits per heavy atom. The fraction of sp³-hybridized carbons (Fsp3) is 0.200. The van der Waals surface area contributed by atoms with Crippen molar-refractivity contribution in [2.75, 3.05) is 14.2 Å². The molecule has 112 valence electrons. The first-order chi connectivity index (χ1) is 9.97. The van der Waals surface area contributed by atoms with Crippen LogP contribution in [-0.2, 0) is 0 Å². The van der Waals surface area contributed by atoms with Crippen molar-refractivity contribution in [3.63, 3.8) is 0 Å². The number of ether oxygens (including phenoxy) is 2. The van der Waals surface area contributed by atoms with Crippen LogP contribution in [0.5, 0.6) is 11.5 Å². The molecule has 0 aliphatic heterocycles. The van der Waals surface area contributed by atoms with Gasteiger partial charge in [0.15, 0.2) is 11.5 Å². The predicted octanol–water partition coefficient (Wildman–Crippen LogP) is 4.31. The molecule has 0 heterocycles. The smallest absolute Gasteiger partial charge is 0.163 e. The number of hydrogen-bond donors (Lipinski definition) is 1. The summed E-state index contributed by atoms with van der Waals surface area (Å²) in [6, 6.07) is 7.31. The molecule has 2 N–H and O–H groups in total. The van der Waals surface area contributed by atoms with Gasteiger partial charge in [-0.25, -0.2) is 4.39 Å². The zero-order chi connectivity index (χ0) is 15.6. The van der Waals surface area contributed by atoms with E-state index in [2.05, 4.69) is 15.9 Å². The summed E-state index contributed by atoms with van der Waals surface area (Å²) in [5.74, 6) is 0.269. The van der Waals surface area contributed by atoms with Gasteiger partial charge in [-0.1, -0.05) is 27.5 Å². The van der Waals surface area contributed by atoms with Gasteiger partial charge < -0.3 is 15.2 Å². The largest absolute Gasteiger partial charge is 0.493 e. The molecule has 0 saturated heterocycles. The van der Waals surface area contributed by atoms with Gasteiger partial charge in [-0.2, -0.15) is 0 Å². The van der Waals surface area contributed by atoms with Crippen LogP contribution < -0.4 is 15.2 Å². The van der Waals surface area contributed by atoms with Crippen LogP contribution in [0, 0.1) is 5.82 Å². The topological polar surface area (TPSA) is 44.5 Å². The van der Waals surface area contributed by atoms with Gasteiger partial charge in [0.1, 0.15) is 5.82 Å². The second-order valence-corrected chi connectivity index (χ2v) is 5.66. The third kappa shape index (κ3) is 3.31. The number of halogens is 3. The van der Waals surface area contributed by atoms with Gasteiger partial charge in [0, 0.05) is 21.1 Å². The maximum atomic E-state index is 14.3. The quantitative estimate of drug-likeness (QED) is 0.867. The summed E-state index contributed by atoms with van der Waals surface area (Å²) in [5.41, 5.74) is 7.17. The Bertz CT molecular complexity index is 666. The molecule has 1 unspecified atom stereocenters. The van der Waals surface area contributed by atoms with E-state index in [1.165, 1.54) is 26.4 Å². The maximum absolute atomic E-state index is 14.3. The molecule has 21 heavy (non-hydrogen) atoms. The lowest BCUT2D eigenvalue weighted by molar-refractivity contribution is 0.351. The lowest BCUT2D eigenvalue weighted by Crippen LogP contribution is -2.14. The van der Waals surface area contributed by atoms with E-state index in [0.29, 0.717) is 27.6 Å². The summed E-state index contributed by atoms with van der Waals surface area (Å²) in [5, 5.41) is 0.532. The van der Waals surface area contributed by atoms with Crippen LogP contribution in [0.1, 0.15) is 17.2 Å². The molecule has 2 aromatic carbocycles. The molecule has 0 bridgehead atoms. The van der Waals surface area contributed by atoms with Crippen molar-refractivity contribution in [3.05, 3.63) is 56.8 Å². The van der Waals surface area contributed by atoms with Crippen molar-refractivity contribution in [1.82, 2.24) is 0 Å². The first-order valence-corrected chi connectivity index (χ1v) is 7.27. The molecule has 0 radical (unpaired) electrons. The molecular weight excluding hydrogens is 361 g/mol. The molecule has 0 fully saturated rings. The molecule has 0 aliphatic rings. The highest BCUT2D eigenvalue weighted by Crippen LogP contribution is 2.36. The SMILES string of the molecule is COc1cc(F)c(C(N)c2cc(Cl)ccc2Br)cc1OC. The normalized spacial score (nSPS) is 12.1. The molecule has 6 heteroatoms. The summed E-state index contributed by atoms with van der Waals surface area (Å²) in [6.45, 7) is 0. The van der Waals surface area contributed by atoms with Crippen LogP contribution in [0.15, 0.2) is 34.8 Å². The first-order valence-electron chi connectivity index (χ1n) is 6.10. The molecule has 2 rings (SSSR count). The number of hydrogen-bond acceptors (Lipinski definition) is 3. The van der Waals surface area contributed by atoms with Gasteiger partial charge in [-0.3, -0.25) is 0 Å². The lowest BCUT2D eigenvalue weighted by Gasteiger charge is -2.18. The maximum Gasteiger partial charge on any atom is 0.163 e. The highest BCUT2D eigenvalue weighted by atomic mass is 79.9. The molecular formula is C15H14BrClFNO2. The summed E-state index contributed by atoms with van der Waals surface area (Å²) < 4.78 is 25.3. The van der Waals surface area contributed by atoms with Gasteiger partial charge in [0.05, 0.1) is 20.3 Å². The van der Waals surface area contributed by atoms with E-state index >= 15 is 0 Å². The summed E-state index contributed by atoms with van der Waals surface area (Å²) >= 11 is 9.38. The molecule has 0 aromatic heterocycles. The molecule has 0 amide bonds. The Morgan fingerprint density at radius 2 is 1.71 bits per heavy atom. The minimum atomic E-state index is -0.683. The Hall–Kier alpha value is -1.30. The highest BCUT2D eigenvalue weighted by Gasteiger charge is 2.20. The standard InChI is InChI=1S/C15H14BrClFNO2/c1-20-13-6-10(12(18)7-14(13)21-2)15(19)9-5-8(17)3-4-11(9)16/h3-7,15H,19H2,1-2H3. The molecule has 0 saturated carbocycles. The van der Waals surface area contributed by atoms with E-state index in [0.717, 1.165) is 4.47 Å². The van der Waals surface area contributed by atoms with Crippen LogP contribution in [0.4, 0.5) is 4.39 Å². The fourth-order valence-corrected chi connectivity index (χ4v) is 2.70. The molecule has 2 aromatic rings. The third-order valence-corrected chi connectivity index (χ3v) is 4.09. The average molecular weight is 375 g/mol. The minimum Gasteiger partial charge on any atom is -0.493 e. The second-order valence-electron chi connectivity index (χ2n) is 4.37. The van der Waals surface area contributed by atoms with Gasteiger partial charge >= 0.3 is 0 Å². The predicted molar refractivity (Wildman–Crippen MR) is 84.7 cm³/mol. The van der Waals surface area contributed by atoms with Gasteiger partial charge in [-0.15, -0.1) is 0 Å². The van der Waals surface area contributed by atoms with Gasteiger partial charge in [-0.05, 0) is 29.8 Å². The van der Waals surface area contributed by atoms with E-state index in [-0.39, 0.29) is 0 Å². The number of rotatable bonds is 4. The van der Waals surface area contributed by atoms with Crippen molar-refractivity contribution < 1.29 is 13.9 Å². The van der Waals surface area contributed by atoms with Gasteiger partial charge in [0.2, 0.25) is 0 Å². The van der Waals surface area contributed by atoms with Crippen LogP contribution in [0.2, 0.25) is 5.02 Å².